The quantitative estimate of drug-likeness (QED) is 0.873. The van der Waals surface area contributed by atoms with Crippen LogP contribution in [-0.4, -0.2) is 62.3 Å². The van der Waals surface area contributed by atoms with E-state index in [0.29, 0.717) is 24.2 Å². The number of rotatable bonds is 3. The maximum Gasteiger partial charge on any atom is 0.255 e. The summed E-state index contributed by atoms with van der Waals surface area (Å²) >= 11 is 0. The van der Waals surface area contributed by atoms with Crippen molar-refractivity contribution in [2.45, 2.75) is 4.90 Å². The molecule has 1 saturated heterocycles. The number of pyridine rings is 1. The molecule has 0 spiro atoms. The summed E-state index contributed by atoms with van der Waals surface area (Å²) < 4.78 is 24.1. The molecule has 2 aromatic rings. The normalized spacial score (nSPS) is 16.0. The van der Waals surface area contributed by atoms with Crippen LogP contribution in [0.15, 0.2) is 47.6 Å². The average molecular weight is 360 g/mol. The van der Waals surface area contributed by atoms with E-state index in [1.807, 2.05) is 7.05 Å². The van der Waals surface area contributed by atoms with Crippen LogP contribution in [0.25, 0.3) is 11.1 Å². The first-order chi connectivity index (χ1) is 11.9. The third-order valence-electron chi connectivity index (χ3n) is 4.31. The molecule has 2 N–H and O–H groups in total. The zero-order valence-corrected chi connectivity index (χ0v) is 14.7. The number of carbonyl (C=O) groups is 1. The molecular formula is C17H20N4O3S. The Morgan fingerprint density at radius 3 is 2.44 bits per heavy atom. The van der Waals surface area contributed by atoms with Gasteiger partial charge in [0.2, 0.25) is 10.0 Å². The topological polar surface area (TPSA) is 96.6 Å². The van der Waals surface area contributed by atoms with Crippen LogP contribution >= 0.6 is 0 Å². The van der Waals surface area contributed by atoms with Gasteiger partial charge in [0.25, 0.3) is 5.91 Å². The zero-order valence-electron chi connectivity index (χ0n) is 13.9. The SMILES string of the molecule is CN1CCN(C(=O)c2c(-c3cccnc3)cccc2S(N)(=O)=O)CC1. The second-order valence-electron chi connectivity index (χ2n) is 6.06. The van der Waals surface area contributed by atoms with Crippen molar-refractivity contribution in [3.63, 3.8) is 0 Å². The van der Waals surface area contributed by atoms with Gasteiger partial charge in [-0.15, -0.1) is 0 Å². The molecule has 0 saturated carbocycles. The highest BCUT2D eigenvalue weighted by atomic mass is 32.2. The number of hydrogen-bond acceptors (Lipinski definition) is 5. The molecule has 7 nitrogen and oxygen atoms in total. The van der Waals surface area contributed by atoms with Gasteiger partial charge in [0.15, 0.2) is 0 Å². The summed E-state index contributed by atoms with van der Waals surface area (Å²) in [4.78, 5) is 20.8. The van der Waals surface area contributed by atoms with Crippen molar-refractivity contribution in [2.24, 2.45) is 5.14 Å². The number of primary sulfonamides is 1. The maximum atomic E-state index is 13.1. The van der Waals surface area contributed by atoms with E-state index in [4.69, 9.17) is 5.14 Å². The molecule has 1 amide bonds. The van der Waals surface area contributed by atoms with Crippen molar-refractivity contribution in [3.8, 4) is 11.1 Å². The van der Waals surface area contributed by atoms with Crippen LogP contribution in [-0.2, 0) is 10.0 Å². The number of sulfonamides is 1. The summed E-state index contributed by atoms with van der Waals surface area (Å²) in [7, 11) is -2.05. The molecule has 3 rings (SSSR count). The number of amides is 1. The lowest BCUT2D eigenvalue weighted by Crippen LogP contribution is -2.47. The molecule has 132 valence electrons. The number of nitrogens with two attached hydrogens (primary N) is 1. The predicted molar refractivity (Wildman–Crippen MR) is 94.4 cm³/mol. The third-order valence-corrected chi connectivity index (χ3v) is 5.26. The van der Waals surface area contributed by atoms with E-state index in [0.717, 1.165) is 13.1 Å². The Morgan fingerprint density at radius 1 is 1.12 bits per heavy atom. The fourth-order valence-electron chi connectivity index (χ4n) is 2.92. The molecule has 1 aromatic heterocycles. The zero-order chi connectivity index (χ0) is 18.0. The van der Waals surface area contributed by atoms with Gasteiger partial charge < -0.3 is 9.80 Å². The molecule has 1 aromatic carbocycles. The second-order valence-corrected chi connectivity index (χ2v) is 7.59. The number of likely N-dealkylation sites (N-methyl/N-ethyl adjacent to an activating group) is 1. The lowest BCUT2D eigenvalue weighted by molar-refractivity contribution is 0.0661. The molecule has 1 fully saturated rings. The van der Waals surface area contributed by atoms with E-state index >= 15 is 0 Å². The Labute approximate surface area is 147 Å². The largest absolute Gasteiger partial charge is 0.336 e. The number of hydrogen-bond donors (Lipinski definition) is 1. The van der Waals surface area contributed by atoms with Gasteiger partial charge in [-0.2, -0.15) is 0 Å². The average Bonchev–Trinajstić information content (AvgIpc) is 2.61. The number of benzene rings is 1. The fourth-order valence-corrected chi connectivity index (χ4v) is 3.67. The molecule has 0 atom stereocenters. The van der Waals surface area contributed by atoms with Crippen LogP contribution < -0.4 is 5.14 Å². The van der Waals surface area contributed by atoms with Crippen molar-refractivity contribution in [3.05, 3.63) is 48.3 Å². The highest BCUT2D eigenvalue weighted by molar-refractivity contribution is 7.89. The highest BCUT2D eigenvalue weighted by Crippen LogP contribution is 2.29. The van der Waals surface area contributed by atoms with Gasteiger partial charge in [-0.1, -0.05) is 18.2 Å². The molecule has 0 radical (unpaired) electrons. The predicted octanol–water partition coefficient (Wildman–Crippen LogP) is 0.784. The standard InChI is InChI=1S/C17H20N4O3S/c1-20-8-10-21(11-9-20)17(22)16-14(13-4-3-7-19-12-13)5-2-6-15(16)25(18,23)24/h2-7,12H,8-11H2,1H3,(H2,18,23,24). The lowest BCUT2D eigenvalue weighted by atomic mass is 10.00. The smallest absolute Gasteiger partial charge is 0.255 e. The van der Waals surface area contributed by atoms with Crippen LogP contribution in [0, 0.1) is 0 Å². The summed E-state index contributed by atoms with van der Waals surface area (Å²) in [6, 6.07) is 8.20. The van der Waals surface area contributed by atoms with Gasteiger partial charge in [0.1, 0.15) is 0 Å². The van der Waals surface area contributed by atoms with E-state index in [-0.39, 0.29) is 16.4 Å². The Morgan fingerprint density at radius 2 is 1.84 bits per heavy atom. The molecule has 0 aliphatic carbocycles. The molecule has 2 heterocycles. The van der Waals surface area contributed by atoms with Crippen molar-refractivity contribution < 1.29 is 13.2 Å². The van der Waals surface area contributed by atoms with Gasteiger partial charge in [-0.3, -0.25) is 9.78 Å². The van der Waals surface area contributed by atoms with E-state index < -0.39 is 10.0 Å². The highest BCUT2D eigenvalue weighted by Gasteiger charge is 2.28. The van der Waals surface area contributed by atoms with E-state index in [1.54, 1.807) is 41.6 Å². The molecule has 0 bridgehead atoms. The summed E-state index contributed by atoms with van der Waals surface area (Å²) in [5, 5.41) is 5.37. The molecule has 8 heteroatoms. The van der Waals surface area contributed by atoms with Crippen molar-refractivity contribution >= 4 is 15.9 Å². The van der Waals surface area contributed by atoms with Crippen molar-refractivity contribution in [1.82, 2.24) is 14.8 Å². The first-order valence-corrected chi connectivity index (χ1v) is 9.46. The summed E-state index contributed by atoms with van der Waals surface area (Å²) in [6.07, 6.45) is 3.22. The lowest BCUT2D eigenvalue weighted by Gasteiger charge is -2.33. The molecule has 25 heavy (non-hydrogen) atoms. The minimum atomic E-state index is -4.04. The molecular weight excluding hydrogens is 340 g/mol. The fraction of sp³-hybridized carbons (Fsp3) is 0.294. The maximum absolute atomic E-state index is 13.1. The summed E-state index contributed by atoms with van der Waals surface area (Å²) in [5.74, 6) is -0.323. The van der Waals surface area contributed by atoms with Crippen LogP contribution in [0.3, 0.4) is 0 Å². The van der Waals surface area contributed by atoms with Gasteiger partial charge in [0.05, 0.1) is 10.5 Å². The molecule has 0 unspecified atom stereocenters. The number of piperazine rings is 1. The van der Waals surface area contributed by atoms with Crippen LogP contribution in [0.2, 0.25) is 0 Å². The Kier molecular flexibility index (Phi) is 4.85. The second kappa shape index (κ2) is 6.91. The molecule has 1 aliphatic rings. The van der Waals surface area contributed by atoms with Gasteiger partial charge in [0, 0.05) is 44.1 Å². The Bertz CT molecular complexity index is 876. The van der Waals surface area contributed by atoms with E-state index in [1.165, 1.54) is 6.07 Å². The summed E-state index contributed by atoms with van der Waals surface area (Å²) in [5.41, 5.74) is 1.30. The Balaban J connectivity index is 2.13. The van der Waals surface area contributed by atoms with Crippen molar-refractivity contribution in [1.29, 1.82) is 0 Å². The monoisotopic (exact) mass is 360 g/mol. The number of aromatic nitrogens is 1. The van der Waals surface area contributed by atoms with Gasteiger partial charge in [-0.25, -0.2) is 13.6 Å². The number of carbonyl (C=O) groups excluding carboxylic acids is 1. The molecule has 1 aliphatic heterocycles. The van der Waals surface area contributed by atoms with Gasteiger partial charge in [-0.05, 0) is 24.7 Å². The summed E-state index contributed by atoms with van der Waals surface area (Å²) in [6.45, 7) is 2.57. The minimum Gasteiger partial charge on any atom is -0.336 e. The third kappa shape index (κ3) is 3.71. The van der Waals surface area contributed by atoms with E-state index in [2.05, 4.69) is 9.88 Å². The van der Waals surface area contributed by atoms with Gasteiger partial charge >= 0.3 is 0 Å². The first kappa shape index (κ1) is 17.5. The number of nitrogens with zero attached hydrogens (tertiary/aromatic N) is 3. The Hall–Kier alpha value is -2.29. The first-order valence-electron chi connectivity index (χ1n) is 7.92. The van der Waals surface area contributed by atoms with Crippen LogP contribution in [0.4, 0.5) is 0 Å². The minimum absolute atomic E-state index is 0.113. The van der Waals surface area contributed by atoms with E-state index in [9.17, 15) is 13.2 Å². The van der Waals surface area contributed by atoms with Crippen LogP contribution in [0.1, 0.15) is 10.4 Å². The van der Waals surface area contributed by atoms with Crippen LogP contribution in [0.5, 0.6) is 0 Å². The van der Waals surface area contributed by atoms with Crippen molar-refractivity contribution in [2.75, 3.05) is 33.2 Å².